The Kier molecular flexibility index (Phi) is 3.64. The Labute approximate surface area is 117 Å². The van der Waals surface area contributed by atoms with Gasteiger partial charge in [0, 0.05) is 6.42 Å². The lowest BCUT2D eigenvalue weighted by molar-refractivity contribution is -0.146. The summed E-state index contributed by atoms with van der Waals surface area (Å²) in [5.41, 5.74) is -0.774. The van der Waals surface area contributed by atoms with Crippen LogP contribution in [0.2, 0.25) is 0 Å². The van der Waals surface area contributed by atoms with Crippen LogP contribution in [0.3, 0.4) is 0 Å². The third-order valence-electron chi connectivity index (χ3n) is 3.60. The number of carbonyl (C=O) groups excluding carboxylic acids is 2. The fraction of sp³-hybridized carbons (Fsp3) is 0.769. The lowest BCUT2D eigenvalue weighted by Crippen LogP contribution is -2.28. The predicted molar refractivity (Wildman–Crippen MR) is 73.2 cm³/mol. The van der Waals surface area contributed by atoms with Gasteiger partial charge in [0.25, 0.3) is 0 Å². The minimum atomic E-state index is -0.774. The molecule has 1 heterocycles. The van der Waals surface area contributed by atoms with Gasteiger partial charge in [-0.3, -0.25) is 9.79 Å². The lowest BCUT2D eigenvalue weighted by atomic mass is 10.2. The molecule has 5 nitrogen and oxygen atoms in total. The Morgan fingerprint density at radius 1 is 1.37 bits per heavy atom. The summed E-state index contributed by atoms with van der Waals surface area (Å²) in [7, 11) is 0. The molecule has 0 N–H and O–H groups in total. The highest BCUT2D eigenvalue weighted by molar-refractivity contribution is 8.15. The number of hydrogen-bond acceptors (Lipinski definition) is 6. The Balaban J connectivity index is 2.14. The lowest BCUT2D eigenvalue weighted by Gasteiger charge is -2.11. The second kappa shape index (κ2) is 4.81. The van der Waals surface area contributed by atoms with E-state index in [0.717, 1.165) is 0 Å². The van der Waals surface area contributed by atoms with Crippen LogP contribution in [0.4, 0.5) is 0 Å². The van der Waals surface area contributed by atoms with Gasteiger partial charge in [0.1, 0.15) is 5.92 Å². The summed E-state index contributed by atoms with van der Waals surface area (Å²) in [6.45, 7) is 8.00. The first-order valence-corrected chi connectivity index (χ1v) is 7.34. The molecule has 0 amide bonds. The minimum absolute atomic E-state index is 0.255. The number of esters is 2. The van der Waals surface area contributed by atoms with Gasteiger partial charge in [-0.1, -0.05) is 0 Å². The monoisotopic (exact) mass is 285 g/mol. The highest BCUT2D eigenvalue weighted by Gasteiger charge is 2.75. The number of fused-ring (bicyclic) bond motifs is 1. The predicted octanol–water partition coefficient (Wildman–Crippen LogP) is 1.80. The van der Waals surface area contributed by atoms with Gasteiger partial charge in [-0.25, -0.2) is 4.79 Å². The molecule has 19 heavy (non-hydrogen) atoms. The molecule has 0 spiro atoms. The Hall–Kier alpha value is -1.04. The van der Waals surface area contributed by atoms with E-state index >= 15 is 0 Å². The second-order valence-corrected chi connectivity index (χ2v) is 6.54. The number of hydrogen-bond donors (Lipinski definition) is 0. The van der Waals surface area contributed by atoms with E-state index in [4.69, 9.17) is 9.47 Å². The van der Waals surface area contributed by atoms with Crippen LogP contribution in [0.5, 0.6) is 0 Å². The standard InChI is InChI=1S/C13H19NO4S/c1-5-17-10(15)8(3)9-14-13(11(16)18-6-2)7-12(13,4)19-9/h8H,5-7H2,1-4H3/t8-,12-,13-/m0/s1. The zero-order valence-corrected chi connectivity index (χ0v) is 12.5. The number of thioether (sulfide) groups is 1. The summed E-state index contributed by atoms with van der Waals surface area (Å²) in [4.78, 5) is 28.2. The van der Waals surface area contributed by atoms with Crippen LogP contribution in [0.15, 0.2) is 4.99 Å². The molecule has 0 saturated heterocycles. The summed E-state index contributed by atoms with van der Waals surface area (Å²) in [5, 5.41) is 0.681. The van der Waals surface area contributed by atoms with E-state index in [1.807, 2.05) is 6.92 Å². The number of nitrogens with zero attached hydrogens (tertiary/aromatic N) is 1. The number of carbonyl (C=O) groups is 2. The maximum atomic E-state index is 12.0. The van der Waals surface area contributed by atoms with Crippen molar-refractivity contribution in [3.05, 3.63) is 0 Å². The second-order valence-electron chi connectivity index (χ2n) is 5.01. The SMILES string of the molecule is CCOC(=O)[C@@H](C)C1=N[C@]2(C(=O)OCC)C[C@]2(C)S1. The fourth-order valence-electron chi connectivity index (χ4n) is 2.30. The molecule has 2 aliphatic rings. The largest absolute Gasteiger partial charge is 0.465 e. The Morgan fingerprint density at radius 3 is 2.58 bits per heavy atom. The van der Waals surface area contributed by atoms with Crippen molar-refractivity contribution in [2.45, 2.75) is 44.4 Å². The van der Waals surface area contributed by atoms with Gasteiger partial charge in [-0.2, -0.15) is 0 Å². The molecule has 0 radical (unpaired) electrons. The summed E-state index contributed by atoms with van der Waals surface area (Å²) in [6, 6.07) is 0. The number of rotatable bonds is 5. The molecule has 1 aliphatic carbocycles. The molecule has 1 aliphatic heterocycles. The topological polar surface area (TPSA) is 65.0 Å². The van der Waals surface area contributed by atoms with Crippen molar-refractivity contribution in [3.8, 4) is 0 Å². The fourth-order valence-corrected chi connectivity index (χ4v) is 3.82. The molecular weight excluding hydrogens is 266 g/mol. The molecule has 0 aromatic carbocycles. The molecule has 0 unspecified atom stereocenters. The van der Waals surface area contributed by atoms with E-state index < -0.39 is 11.5 Å². The first-order chi connectivity index (χ1) is 8.90. The third-order valence-corrected chi connectivity index (χ3v) is 5.18. The summed E-state index contributed by atoms with van der Waals surface area (Å²) in [6.07, 6.45) is 0.683. The quantitative estimate of drug-likeness (QED) is 0.721. The van der Waals surface area contributed by atoms with Gasteiger partial charge in [-0.05, 0) is 27.7 Å². The van der Waals surface area contributed by atoms with Crippen LogP contribution in [-0.2, 0) is 19.1 Å². The third kappa shape index (κ3) is 2.16. The molecule has 0 aromatic rings. The van der Waals surface area contributed by atoms with Crippen molar-refractivity contribution >= 4 is 28.7 Å². The summed E-state index contributed by atoms with van der Waals surface area (Å²) >= 11 is 1.51. The van der Waals surface area contributed by atoms with Crippen LogP contribution in [-0.4, -0.2) is 40.5 Å². The molecule has 0 bridgehead atoms. The summed E-state index contributed by atoms with van der Waals surface area (Å²) < 4.78 is 9.83. The molecule has 1 saturated carbocycles. The van der Waals surface area contributed by atoms with Gasteiger partial charge in [-0.15, -0.1) is 11.8 Å². The van der Waals surface area contributed by atoms with Crippen LogP contribution >= 0.6 is 11.8 Å². The Bertz CT molecular complexity index is 450. The van der Waals surface area contributed by atoms with Crippen LogP contribution < -0.4 is 0 Å². The molecule has 2 rings (SSSR count). The van der Waals surface area contributed by atoms with Crippen molar-refractivity contribution in [1.29, 1.82) is 0 Å². The highest BCUT2D eigenvalue weighted by atomic mass is 32.2. The van der Waals surface area contributed by atoms with E-state index in [1.165, 1.54) is 11.8 Å². The normalized spacial score (nSPS) is 33.2. The van der Waals surface area contributed by atoms with Gasteiger partial charge >= 0.3 is 11.9 Å². The van der Waals surface area contributed by atoms with E-state index in [2.05, 4.69) is 4.99 Å². The van der Waals surface area contributed by atoms with Crippen LogP contribution in [0.1, 0.15) is 34.1 Å². The molecule has 106 valence electrons. The first-order valence-electron chi connectivity index (χ1n) is 6.53. The average molecular weight is 285 g/mol. The van der Waals surface area contributed by atoms with Crippen molar-refractivity contribution in [3.63, 3.8) is 0 Å². The van der Waals surface area contributed by atoms with Gasteiger partial charge in [0.05, 0.1) is 23.0 Å². The zero-order chi connectivity index (χ0) is 14.3. The van der Waals surface area contributed by atoms with Crippen LogP contribution in [0, 0.1) is 5.92 Å². The van der Waals surface area contributed by atoms with E-state index in [1.54, 1.807) is 20.8 Å². The molecule has 0 aromatic heterocycles. The van der Waals surface area contributed by atoms with E-state index in [-0.39, 0.29) is 16.7 Å². The van der Waals surface area contributed by atoms with Crippen molar-refractivity contribution in [1.82, 2.24) is 0 Å². The maximum absolute atomic E-state index is 12.0. The number of aliphatic imine (C=N–C) groups is 1. The maximum Gasteiger partial charge on any atom is 0.335 e. The highest BCUT2D eigenvalue weighted by Crippen LogP contribution is 2.65. The Morgan fingerprint density at radius 2 is 2.00 bits per heavy atom. The first kappa shape index (κ1) is 14.4. The summed E-state index contributed by atoms with van der Waals surface area (Å²) in [5.74, 6) is -0.991. The van der Waals surface area contributed by atoms with Gasteiger partial charge in [0.15, 0.2) is 5.54 Å². The van der Waals surface area contributed by atoms with Gasteiger partial charge in [0.2, 0.25) is 0 Å². The zero-order valence-electron chi connectivity index (χ0n) is 11.7. The van der Waals surface area contributed by atoms with Gasteiger partial charge < -0.3 is 9.47 Å². The molecule has 3 atom stereocenters. The molecular formula is C13H19NO4S. The minimum Gasteiger partial charge on any atom is -0.465 e. The van der Waals surface area contributed by atoms with Crippen molar-refractivity contribution < 1.29 is 19.1 Å². The smallest absolute Gasteiger partial charge is 0.335 e. The van der Waals surface area contributed by atoms with Crippen LogP contribution in [0.25, 0.3) is 0 Å². The van der Waals surface area contributed by atoms with E-state index in [9.17, 15) is 9.59 Å². The van der Waals surface area contributed by atoms with Crippen molar-refractivity contribution in [2.75, 3.05) is 13.2 Å². The van der Waals surface area contributed by atoms with E-state index in [0.29, 0.717) is 24.7 Å². The molecule has 6 heteroatoms. The number of ether oxygens (including phenoxy) is 2. The van der Waals surface area contributed by atoms with Crippen molar-refractivity contribution in [2.24, 2.45) is 10.9 Å². The molecule has 1 fully saturated rings. The average Bonchev–Trinajstić information content (AvgIpc) is 2.83.